The third kappa shape index (κ3) is 7.31. The lowest BCUT2D eigenvalue weighted by atomic mass is 10.1. The molecule has 0 aliphatic carbocycles. The van der Waals surface area contributed by atoms with Gasteiger partial charge in [0.2, 0.25) is 5.91 Å². The molecule has 27 heavy (non-hydrogen) atoms. The summed E-state index contributed by atoms with van der Waals surface area (Å²) in [5.74, 6) is 0.0930. The van der Waals surface area contributed by atoms with Crippen molar-refractivity contribution in [2.75, 3.05) is 51.8 Å². The Morgan fingerprint density at radius 1 is 1.04 bits per heavy atom. The topological polar surface area (TPSA) is 61.9 Å². The number of piperazine rings is 1. The fourth-order valence-electron chi connectivity index (χ4n) is 3.20. The van der Waals surface area contributed by atoms with Crippen molar-refractivity contribution in [2.24, 2.45) is 0 Å². The highest BCUT2D eigenvalue weighted by Crippen LogP contribution is 2.14. The molecule has 0 atom stereocenters. The number of carbonyl (C=O) groups is 2. The molecule has 6 heteroatoms. The summed E-state index contributed by atoms with van der Waals surface area (Å²) in [6.07, 6.45) is 4.64. The maximum absolute atomic E-state index is 12.7. The second kappa shape index (κ2) is 11.7. The van der Waals surface area contributed by atoms with Gasteiger partial charge in [0.05, 0.1) is 0 Å². The molecular weight excluding hydrogens is 342 g/mol. The van der Waals surface area contributed by atoms with E-state index in [1.807, 2.05) is 17.0 Å². The van der Waals surface area contributed by atoms with Crippen LogP contribution < -0.4 is 5.32 Å². The molecule has 0 spiro atoms. The molecule has 1 aliphatic heterocycles. The van der Waals surface area contributed by atoms with Gasteiger partial charge in [-0.3, -0.25) is 14.5 Å². The Bertz CT molecular complexity index is 581. The Labute approximate surface area is 162 Å². The second-order valence-corrected chi connectivity index (χ2v) is 7.06. The Kier molecular flexibility index (Phi) is 9.28. The first-order valence-electron chi connectivity index (χ1n) is 10.0. The monoisotopic (exact) mass is 375 g/mol. The number of nitrogens with zero attached hydrogens (tertiary/aromatic N) is 2. The minimum absolute atomic E-state index is 0.0255. The standard InChI is InChI=1S/C21H33N3O3/c1-3-4-7-20(25)22-19-10-8-18(9-11-19)21(26)24-15-13-23(14-16-24)12-5-6-17-27-2/h8-11H,3-7,12-17H2,1-2H3,(H,22,25). The summed E-state index contributed by atoms with van der Waals surface area (Å²) in [6.45, 7) is 7.31. The van der Waals surface area contributed by atoms with E-state index in [1.54, 1.807) is 19.2 Å². The van der Waals surface area contributed by atoms with E-state index < -0.39 is 0 Å². The van der Waals surface area contributed by atoms with Gasteiger partial charge in [0.1, 0.15) is 0 Å². The van der Waals surface area contributed by atoms with Gasteiger partial charge < -0.3 is 15.0 Å². The molecule has 0 bridgehead atoms. The van der Waals surface area contributed by atoms with Gasteiger partial charge in [-0.2, -0.15) is 0 Å². The Morgan fingerprint density at radius 3 is 2.37 bits per heavy atom. The van der Waals surface area contributed by atoms with Crippen LogP contribution in [0.15, 0.2) is 24.3 Å². The maximum Gasteiger partial charge on any atom is 0.253 e. The average molecular weight is 376 g/mol. The number of benzene rings is 1. The van der Waals surface area contributed by atoms with Crippen molar-refractivity contribution in [3.05, 3.63) is 29.8 Å². The fourth-order valence-corrected chi connectivity index (χ4v) is 3.20. The van der Waals surface area contributed by atoms with Crippen LogP contribution >= 0.6 is 0 Å². The van der Waals surface area contributed by atoms with Crippen LogP contribution in [0.1, 0.15) is 49.4 Å². The van der Waals surface area contributed by atoms with Crippen LogP contribution in [0.25, 0.3) is 0 Å². The lowest BCUT2D eigenvalue weighted by Gasteiger charge is -2.34. The maximum atomic E-state index is 12.7. The van der Waals surface area contributed by atoms with E-state index in [2.05, 4.69) is 17.1 Å². The van der Waals surface area contributed by atoms with Gasteiger partial charge in [-0.1, -0.05) is 13.3 Å². The summed E-state index contributed by atoms with van der Waals surface area (Å²) in [6, 6.07) is 7.22. The van der Waals surface area contributed by atoms with Crippen LogP contribution in [0, 0.1) is 0 Å². The predicted octanol–water partition coefficient (Wildman–Crippen LogP) is 3.00. The summed E-state index contributed by atoms with van der Waals surface area (Å²) in [5.41, 5.74) is 1.42. The molecular formula is C21H33N3O3. The van der Waals surface area contributed by atoms with Crippen molar-refractivity contribution >= 4 is 17.5 Å². The Morgan fingerprint density at radius 2 is 1.74 bits per heavy atom. The molecule has 0 saturated carbocycles. The van der Waals surface area contributed by atoms with Gasteiger partial charge in [0, 0.05) is 57.6 Å². The van der Waals surface area contributed by atoms with Gasteiger partial charge in [-0.25, -0.2) is 0 Å². The van der Waals surface area contributed by atoms with E-state index in [-0.39, 0.29) is 11.8 Å². The number of unbranched alkanes of at least 4 members (excludes halogenated alkanes) is 2. The first-order valence-corrected chi connectivity index (χ1v) is 10.0. The number of carbonyl (C=O) groups excluding carboxylic acids is 2. The summed E-state index contributed by atoms with van der Waals surface area (Å²) >= 11 is 0. The molecule has 1 heterocycles. The van der Waals surface area contributed by atoms with Crippen LogP contribution in [0.4, 0.5) is 5.69 Å². The molecule has 1 N–H and O–H groups in total. The SMILES string of the molecule is CCCCC(=O)Nc1ccc(C(=O)N2CCN(CCCCOC)CC2)cc1. The first-order chi connectivity index (χ1) is 13.1. The molecule has 2 rings (SSSR count). The minimum Gasteiger partial charge on any atom is -0.385 e. The van der Waals surface area contributed by atoms with Crippen LogP contribution in [-0.2, 0) is 9.53 Å². The van der Waals surface area contributed by atoms with Crippen molar-refractivity contribution in [3.63, 3.8) is 0 Å². The number of hydrogen-bond acceptors (Lipinski definition) is 4. The van der Waals surface area contributed by atoms with Crippen molar-refractivity contribution in [1.29, 1.82) is 0 Å². The van der Waals surface area contributed by atoms with Gasteiger partial charge in [-0.05, 0) is 50.1 Å². The van der Waals surface area contributed by atoms with Gasteiger partial charge >= 0.3 is 0 Å². The van der Waals surface area contributed by atoms with Crippen LogP contribution in [-0.4, -0.2) is 68.1 Å². The third-order valence-electron chi connectivity index (χ3n) is 4.91. The fraction of sp³-hybridized carbons (Fsp3) is 0.619. The zero-order valence-corrected chi connectivity index (χ0v) is 16.7. The van der Waals surface area contributed by atoms with Gasteiger partial charge in [0.25, 0.3) is 5.91 Å². The minimum atomic E-state index is 0.0255. The highest BCUT2D eigenvalue weighted by molar-refractivity contribution is 5.95. The average Bonchev–Trinajstić information content (AvgIpc) is 2.70. The molecule has 0 aromatic heterocycles. The number of nitrogens with one attached hydrogen (secondary N) is 1. The van der Waals surface area contributed by atoms with E-state index in [0.717, 1.165) is 70.7 Å². The summed E-state index contributed by atoms with van der Waals surface area (Å²) < 4.78 is 5.08. The molecule has 1 aliphatic rings. The van der Waals surface area contributed by atoms with E-state index >= 15 is 0 Å². The zero-order valence-electron chi connectivity index (χ0n) is 16.7. The number of ether oxygens (including phenoxy) is 1. The van der Waals surface area contributed by atoms with Gasteiger partial charge in [0.15, 0.2) is 0 Å². The van der Waals surface area contributed by atoms with Gasteiger partial charge in [-0.15, -0.1) is 0 Å². The lowest BCUT2D eigenvalue weighted by molar-refractivity contribution is -0.116. The van der Waals surface area contributed by atoms with Crippen molar-refractivity contribution < 1.29 is 14.3 Å². The zero-order chi connectivity index (χ0) is 19.5. The van der Waals surface area contributed by atoms with E-state index in [4.69, 9.17) is 4.74 Å². The molecule has 1 aromatic rings. The highest BCUT2D eigenvalue weighted by Gasteiger charge is 2.21. The number of anilines is 1. The summed E-state index contributed by atoms with van der Waals surface area (Å²) in [5, 5.41) is 2.88. The van der Waals surface area contributed by atoms with Crippen molar-refractivity contribution in [3.8, 4) is 0 Å². The first kappa shape index (κ1) is 21.4. The lowest BCUT2D eigenvalue weighted by Crippen LogP contribution is -2.48. The molecule has 0 radical (unpaired) electrons. The third-order valence-corrected chi connectivity index (χ3v) is 4.91. The highest BCUT2D eigenvalue weighted by atomic mass is 16.5. The van der Waals surface area contributed by atoms with Crippen LogP contribution in [0.2, 0.25) is 0 Å². The summed E-state index contributed by atoms with van der Waals surface area (Å²) in [7, 11) is 1.73. The Hall–Kier alpha value is -1.92. The Balaban J connectivity index is 1.76. The van der Waals surface area contributed by atoms with Crippen molar-refractivity contribution in [1.82, 2.24) is 9.80 Å². The quantitative estimate of drug-likeness (QED) is 0.639. The molecule has 2 amide bonds. The van der Waals surface area contributed by atoms with Crippen LogP contribution in [0.5, 0.6) is 0 Å². The smallest absolute Gasteiger partial charge is 0.253 e. The number of methoxy groups -OCH3 is 1. The largest absolute Gasteiger partial charge is 0.385 e. The predicted molar refractivity (Wildman–Crippen MR) is 108 cm³/mol. The molecule has 1 saturated heterocycles. The second-order valence-electron chi connectivity index (χ2n) is 7.06. The summed E-state index contributed by atoms with van der Waals surface area (Å²) in [4.78, 5) is 28.8. The normalized spacial score (nSPS) is 15.0. The number of amides is 2. The molecule has 150 valence electrons. The molecule has 1 aromatic carbocycles. The van der Waals surface area contributed by atoms with Crippen LogP contribution in [0.3, 0.4) is 0 Å². The van der Waals surface area contributed by atoms with E-state index in [0.29, 0.717) is 12.0 Å². The molecule has 1 fully saturated rings. The van der Waals surface area contributed by atoms with E-state index in [9.17, 15) is 9.59 Å². The number of rotatable bonds is 10. The molecule has 6 nitrogen and oxygen atoms in total. The van der Waals surface area contributed by atoms with Crippen molar-refractivity contribution in [2.45, 2.75) is 39.0 Å². The number of hydrogen-bond donors (Lipinski definition) is 1. The molecule has 0 unspecified atom stereocenters. The van der Waals surface area contributed by atoms with E-state index in [1.165, 1.54) is 0 Å².